The maximum Gasteiger partial charge on any atom is 0.343 e. The quantitative estimate of drug-likeness (QED) is 0.528. The van der Waals surface area contributed by atoms with Gasteiger partial charge in [-0.1, -0.05) is 43.8 Å². The summed E-state index contributed by atoms with van der Waals surface area (Å²) >= 11 is 0. The molecule has 3 aromatic rings. The SMILES string of the molecule is C=CCOc1cccc([C@@H](CC)c2c(O)c3ccccc3oc2=O)c1. The van der Waals surface area contributed by atoms with Crippen molar-refractivity contribution in [1.82, 2.24) is 0 Å². The van der Waals surface area contributed by atoms with Gasteiger partial charge in [0.1, 0.15) is 23.7 Å². The lowest BCUT2D eigenvalue weighted by Crippen LogP contribution is -2.14. The molecule has 128 valence electrons. The van der Waals surface area contributed by atoms with Crippen molar-refractivity contribution in [2.45, 2.75) is 19.3 Å². The lowest BCUT2D eigenvalue weighted by Gasteiger charge is -2.17. The van der Waals surface area contributed by atoms with Crippen LogP contribution in [-0.2, 0) is 0 Å². The minimum atomic E-state index is -0.513. The molecule has 1 N–H and O–H groups in total. The van der Waals surface area contributed by atoms with Gasteiger partial charge in [0.05, 0.1) is 10.9 Å². The molecule has 4 nitrogen and oxygen atoms in total. The van der Waals surface area contributed by atoms with E-state index >= 15 is 0 Å². The molecule has 25 heavy (non-hydrogen) atoms. The van der Waals surface area contributed by atoms with Gasteiger partial charge >= 0.3 is 5.63 Å². The molecule has 0 bridgehead atoms. The highest BCUT2D eigenvalue weighted by Gasteiger charge is 2.23. The Balaban J connectivity index is 2.11. The molecule has 2 aromatic carbocycles. The van der Waals surface area contributed by atoms with E-state index in [4.69, 9.17) is 9.15 Å². The van der Waals surface area contributed by atoms with Gasteiger partial charge in [-0.15, -0.1) is 0 Å². The van der Waals surface area contributed by atoms with Crippen LogP contribution in [0, 0.1) is 0 Å². The van der Waals surface area contributed by atoms with Crippen molar-refractivity contribution in [3.8, 4) is 11.5 Å². The van der Waals surface area contributed by atoms with Crippen LogP contribution in [0.3, 0.4) is 0 Å². The van der Waals surface area contributed by atoms with Gasteiger partial charge in [-0.2, -0.15) is 0 Å². The first-order valence-electron chi connectivity index (χ1n) is 8.24. The van der Waals surface area contributed by atoms with E-state index in [9.17, 15) is 9.90 Å². The summed E-state index contributed by atoms with van der Waals surface area (Å²) in [5, 5.41) is 11.2. The number of benzene rings is 2. The molecule has 0 aliphatic carbocycles. The molecule has 0 radical (unpaired) electrons. The Kier molecular flexibility index (Phi) is 4.89. The number of rotatable bonds is 6. The van der Waals surface area contributed by atoms with Crippen LogP contribution in [0.2, 0.25) is 0 Å². The molecule has 1 heterocycles. The minimum absolute atomic E-state index is 0.0175. The zero-order chi connectivity index (χ0) is 17.8. The number of para-hydroxylation sites is 1. The first kappa shape index (κ1) is 16.8. The maximum atomic E-state index is 12.5. The standard InChI is InChI=1S/C21H20O4/c1-3-12-24-15-9-7-8-14(13-15)16(4-2)19-20(22)17-10-5-6-11-18(17)25-21(19)23/h3,5-11,13,16,22H,1,4,12H2,2H3/t16-/m1/s1. The second kappa shape index (κ2) is 7.26. The number of hydrogen-bond acceptors (Lipinski definition) is 4. The second-order valence-corrected chi connectivity index (χ2v) is 5.78. The summed E-state index contributed by atoms with van der Waals surface area (Å²) < 4.78 is 11.0. The zero-order valence-corrected chi connectivity index (χ0v) is 14.1. The molecule has 3 rings (SSSR count). The fourth-order valence-corrected chi connectivity index (χ4v) is 3.04. The van der Waals surface area contributed by atoms with Gasteiger partial charge < -0.3 is 14.3 Å². The van der Waals surface area contributed by atoms with Crippen molar-refractivity contribution >= 4 is 11.0 Å². The lowest BCUT2D eigenvalue weighted by molar-refractivity contribution is 0.362. The van der Waals surface area contributed by atoms with Crippen LogP contribution in [0.15, 0.2) is 70.4 Å². The molecule has 0 fully saturated rings. The number of aromatic hydroxyl groups is 1. The highest BCUT2D eigenvalue weighted by Crippen LogP contribution is 2.36. The molecule has 1 atom stereocenters. The van der Waals surface area contributed by atoms with E-state index in [1.54, 1.807) is 30.3 Å². The molecular weight excluding hydrogens is 316 g/mol. The van der Waals surface area contributed by atoms with E-state index in [0.717, 1.165) is 5.56 Å². The van der Waals surface area contributed by atoms with Gasteiger partial charge in [0.2, 0.25) is 0 Å². The Hall–Kier alpha value is -3.01. The van der Waals surface area contributed by atoms with Gasteiger partial charge in [-0.05, 0) is 36.2 Å². The average Bonchev–Trinajstić information content (AvgIpc) is 2.63. The Bertz CT molecular complexity index is 956. The summed E-state index contributed by atoms with van der Waals surface area (Å²) in [4.78, 5) is 12.5. The lowest BCUT2D eigenvalue weighted by atomic mass is 9.89. The van der Waals surface area contributed by atoms with Crippen molar-refractivity contribution in [2.75, 3.05) is 6.61 Å². The largest absolute Gasteiger partial charge is 0.507 e. The molecule has 0 saturated heterocycles. The highest BCUT2D eigenvalue weighted by molar-refractivity contribution is 5.84. The summed E-state index contributed by atoms with van der Waals surface area (Å²) in [7, 11) is 0. The van der Waals surface area contributed by atoms with E-state index < -0.39 is 5.63 Å². The number of ether oxygens (including phenoxy) is 1. The smallest absolute Gasteiger partial charge is 0.343 e. The fraction of sp³-hybridized carbons (Fsp3) is 0.190. The Morgan fingerprint density at radius 2 is 2.04 bits per heavy atom. The number of hydrogen-bond donors (Lipinski definition) is 1. The average molecular weight is 336 g/mol. The van der Waals surface area contributed by atoms with Gasteiger partial charge in [0, 0.05) is 5.92 Å². The summed E-state index contributed by atoms with van der Waals surface area (Å²) in [6.45, 7) is 6.01. The Morgan fingerprint density at radius 3 is 2.80 bits per heavy atom. The molecule has 4 heteroatoms. The van der Waals surface area contributed by atoms with Crippen molar-refractivity contribution in [1.29, 1.82) is 0 Å². The van der Waals surface area contributed by atoms with Gasteiger partial charge in [-0.25, -0.2) is 4.79 Å². The normalized spacial score (nSPS) is 12.0. The fourth-order valence-electron chi connectivity index (χ4n) is 3.04. The maximum absolute atomic E-state index is 12.5. The van der Waals surface area contributed by atoms with Crippen molar-refractivity contribution < 1.29 is 14.3 Å². The van der Waals surface area contributed by atoms with Crippen molar-refractivity contribution in [3.63, 3.8) is 0 Å². The molecule has 1 aromatic heterocycles. The monoisotopic (exact) mass is 336 g/mol. The van der Waals surface area contributed by atoms with Crippen LogP contribution in [0.4, 0.5) is 0 Å². The zero-order valence-electron chi connectivity index (χ0n) is 14.1. The topological polar surface area (TPSA) is 59.7 Å². The van der Waals surface area contributed by atoms with Gasteiger partial charge in [0.25, 0.3) is 0 Å². The Morgan fingerprint density at radius 1 is 1.24 bits per heavy atom. The summed E-state index contributed by atoms with van der Waals surface area (Å²) in [6.07, 6.45) is 2.31. The molecule has 0 amide bonds. The molecule has 0 spiro atoms. The third-order valence-electron chi connectivity index (χ3n) is 4.20. The van der Waals surface area contributed by atoms with E-state index in [2.05, 4.69) is 6.58 Å². The van der Waals surface area contributed by atoms with Crippen LogP contribution in [0.1, 0.15) is 30.4 Å². The highest BCUT2D eigenvalue weighted by atomic mass is 16.5. The van der Waals surface area contributed by atoms with Crippen LogP contribution in [0.25, 0.3) is 11.0 Å². The first-order chi connectivity index (χ1) is 12.2. The van der Waals surface area contributed by atoms with Gasteiger partial charge in [-0.3, -0.25) is 0 Å². The van der Waals surface area contributed by atoms with Crippen LogP contribution >= 0.6 is 0 Å². The third-order valence-corrected chi connectivity index (χ3v) is 4.20. The molecular formula is C21H20O4. The second-order valence-electron chi connectivity index (χ2n) is 5.78. The first-order valence-corrected chi connectivity index (χ1v) is 8.24. The number of fused-ring (bicyclic) bond motifs is 1. The molecule has 0 unspecified atom stereocenters. The van der Waals surface area contributed by atoms with E-state index in [0.29, 0.717) is 29.7 Å². The summed E-state index contributed by atoms with van der Waals surface area (Å²) in [5.41, 5.74) is 1.04. The van der Waals surface area contributed by atoms with E-state index in [1.165, 1.54) is 0 Å². The summed E-state index contributed by atoms with van der Waals surface area (Å²) in [5.74, 6) is 0.393. The van der Waals surface area contributed by atoms with Crippen LogP contribution in [-0.4, -0.2) is 11.7 Å². The van der Waals surface area contributed by atoms with Crippen LogP contribution in [0.5, 0.6) is 11.5 Å². The minimum Gasteiger partial charge on any atom is -0.507 e. The van der Waals surface area contributed by atoms with Crippen molar-refractivity contribution in [2.24, 2.45) is 0 Å². The van der Waals surface area contributed by atoms with E-state index in [-0.39, 0.29) is 17.2 Å². The Labute approximate surface area is 146 Å². The van der Waals surface area contributed by atoms with Gasteiger partial charge in [0.15, 0.2) is 0 Å². The molecule has 0 aliphatic heterocycles. The predicted molar refractivity (Wildman–Crippen MR) is 98.4 cm³/mol. The summed E-state index contributed by atoms with van der Waals surface area (Å²) in [6, 6.07) is 14.5. The third kappa shape index (κ3) is 3.29. The molecule has 0 saturated carbocycles. The predicted octanol–water partition coefficient (Wildman–Crippen LogP) is 4.61. The van der Waals surface area contributed by atoms with Crippen LogP contribution < -0.4 is 10.4 Å². The molecule has 0 aliphatic rings. The van der Waals surface area contributed by atoms with E-state index in [1.807, 2.05) is 31.2 Å². The van der Waals surface area contributed by atoms with Crippen molar-refractivity contribution in [3.05, 3.63) is 82.7 Å².